The van der Waals surface area contributed by atoms with Crippen LogP contribution >= 0.6 is 35.7 Å². The van der Waals surface area contributed by atoms with Crippen molar-refractivity contribution in [3.8, 4) is 0 Å². The van der Waals surface area contributed by atoms with Crippen molar-refractivity contribution >= 4 is 41.7 Å². The Labute approximate surface area is 168 Å². The van der Waals surface area contributed by atoms with Crippen molar-refractivity contribution in [3.05, 3.63) is 30.3 Å². The quantitative estimate of drug-likeness (QED) is 0.194. The van der Waals surface area contributed by atoms with Gasteiger partial charge in [0, 0.05) is 29.8 Å². The molecule has 0 amide bonds. The van der Waals surface area contributed by atoms with Gasteiger partial charge in [0.05, 0.1) is 6.54 Å². The van der Waals surface area contributed by atoms with Gasteiger partial charge < -0.3 is 15.5 Å². The normalized spacial score (nSPS) is 15.8. The smallest absolute Gasteiger partial charge is 0.191 e. The van der Waals surface area contributed by atoms with Crippen LogP contribution < -0.4 is 10.6 Å². The van der Waals surface area contributed by atoms with Crippen LogP contribution in [0.4, 0.5) is 0 Å². The SMILES string of the molecule is CCNC(=NCC(C1CC1)N(C)C)NCCSc1ccccc1.I. The number of likely N-dealkylation sites (N-methyl/N-ethyl adjacent to an activating group) is 1. The van der Waals surface area contributed by atoms with Crippen LogP contribution in [0.5, 0.6) is 0 Å². The van der Waals surface area contributed by atoms with Crippen molar-refractivity contribution in [2.24, 2.45) is 10.9 Å². The number of guanidine groups is 1. The van der Waals surface area contributed by atoms with Crippen LogP contribution in [0, 0.1) is 5.92 Å². The van der Waals surface area contributed by atoms with E-state index in [1.807, 2.05) is 11.8 Å². The van der Waals surface area contributed by atoms with Crippen molar-refractivity contribution in [2.75, 3.05) is 39.5 Å². The molecule has 1 fully saturated rings. The highest BCUT2D eigenvalue weighted by Crippen LogP contribution is 2.34. The van der Waals surface area contributed by atoms with E-state index in [4.69, 9.17) is 4.99 Å². The highest BCUT2D eigenvalue weighted by molar-refractivity contribution is 14.0. The lowest BCUT2D eigenvalue weighted by molar-refractivity contribution is 0.271. The third-order valence-corrected chi connectivity index (χ3v) is 5.03. The van der Waals surface area contributed by atoms with Gasteiger partial charge in [-0.1, -0.05) is 18.2 Å². The molecule has 1 aliphatic rings. The first kappa shape index (κ1) is 21.6. The predicted molar refractivity (Wildman–Crippen MR) is 117 cm³/mol. The average molecular weight is 462 g/mol. The van der Waals surface area contributed by atoms with Crippen LogP contribution in [0.3, 0.4) is 0 Å². The third-order valence-electron chi connectivity index (χ3n) is 4.02. The molecule has 1 aromatic carbocycles. The van der Waals surface area contributed by atoms with Gasteiger partial charge in [-0.3, -0.25) is 4.99 Å². The lowest BCUT2D eigenvalue weighted by atomic mass is 10.2. The monoisotopic (exact) mass is 462 g/mol. The van der Waals surface area contributed by atoms with E-state index in [1.54, 1.807) is 0 Å². The van der Waals surface area contributed by atoms with E-state index >= 15 is 0 Å². The second kappa shape index (κ2) is 12.0. The molecule has 0 aromatic heterocycles. The van der Waals surface area contributed by atoms with Gasteiger partial charge in [0.25, 0.3) is 0 Å². The van der Waals surface area contributed by atoms with Crippen molar-refractivity contribution < 1.29 is 0 Å². The van der Waals surface area contributed by atoms with Crippen LogP contribution in [0.15, 0.2) is 40.2 Å². The molecule has 1 saturated carbocycles. The van der Waals surface area contributed by atoms with Gasteiger partial charge in [-0.15, -0.1) is 35.7 Å². The molecule has 1 aliphatic carbocycles. The lowest BCUT2D eigenvalue weighted by Gasteiger charge is -2.22. The predicted octanol–water partition coefficient (Wildman–Crippen LogP) is 3.29. The molecule has 24 heavy (non-hydrogen) atoms. The summed E-state index contributed by atoms with van der Waals surface area (Å²) in [4.78, 5) is 8.42. The molecule has 0 saturated heterocycles. The maximum Gasteiger partial charge on any atom is 0.191 e. The van der Waals surface area contributed by atoms with Gasteiger partial charge >= 0.3 is 0 Å². The summed E-state index contributed by atoms with van der Waals surface area (Å²) in [7, 11) is 4.32. The Bertz CT molecular complexity index is 475. The Morgan fingerprint density at radius 2 is 1.96 bits per heavy atom. The summed E-state index contributed by atoms with van der Waals surface area (Å²) in [5.41, 5.74) is 0. The second-order valence-corrected chi connectivity index (χ2v) is 7.34. The summed E-state index contributed by atoms with van der Waals surface area (Å²) >= 11 is 1.87. The molecule has 0 bridgehead atoms. The van der Waals surface area contributed by atoms with Crippen molar-refractivity contribution in [1.29, 1.82) is 0 Å². The van der Waals surface area contributed by atoms with Crippen molar-refractivity contribution in [3.63, 3.8) is 0 Å². The van der Waals surface area contributed by atoms with E-state index in [-0.39, 0.29) is 24.0 Å². The fourth-order valence-corrected chi connectivity index (χ4v) is 3.39. The van der Waals surface area contributed by atoms with Gasteiger partial charge in [-0.2, -0.15) is 0 Å². The van der Waals surface area contributed by atoms with Crippen molar-refractivity contribution in [2.45, 2.75) is 30.7 Å². The molecule has 1 atom stereocenters. The van der Waals surface area contributed by atoms with E-state index in [9.17, 15) is 0 Å². The number of benzene rings is 1. The molecule has 0 spiro atoms. The zero-order chi connectivity index (χ0) is 16.5. The van der Waals surface area contributed by atoms with E-state index in [0.717, 1.165) is 37.3 Å². The summed E-state index contributed by atoms with van der Waals surface area (Å²) in [6, 6.07) is 11.1. The molecule has 4 nitrogen and oxygen atoms in total. The average Bonchev–Trinajstić information content (AvgIpc) is 3.37. The summed E-state index contributed by atoms with van der Waals surface area (Å²) in [5.74, 6) is 2.81. The third kappa shape index (κ3) is 8.07. The van der Waals surface area contributed by atoms with Crippen LogP contribution in [0.2, 0.25) is 0 Å². The zero-order valence-electron chi connectivity index (χ0n) is 15.0. The fourth-order valence-electron chi connectivity index (χ4n) is 2.60. The minimum absolute atomic E-state index is 0. The lowest BCUT2D eigenvalue weighted by Crippen LogP contribution is -2.40. The molecule has 0 radical (unpaired) electrons. The van der Waals surface area contributed by atoms with Gasteiger partial charge in [0.15, 0.2) is 5.96 Å². The molecule has 1 unspecified atom stereocenters. The molecule has 6 heteroatoms. The Morgan fingerprint density at radius 1 is 1.25 bits per heavy atom. The van der Waals surface area contributed by atoms with Crippen molar-refractivity contribution in [1.82, 2.24) is 15.5 Å². The topological polar surface area (TPSA) is 39.7 Å². The van der Waals surface area contributed by atoms with Crippen LogP contribution in [0.25, 0.3) is 0 Å². The number of hydrogen-bond acceptors (Lipinski definition) is 3. The second-order valence-electron chi connectivity index (χ2n) is 6.18. The molecular formula is C18H31IN4S. The van der Waals surface area contributed by atoms with Gasteiger partial charge in [-0.05, 0) is 51.9 Å². The Hall–Kier alpha value is -0.470. The summed E-state index contributed by atoms with van der Waals surface area (Å²) < 4.78 is 0. The molecule has 2 rings (SSSR count). The number of aliphatic imine (C=N–C) groups is 1. The maximum atomic E-state index is 4.78. The van der Waals surface area contributed by atoms with E-state index in [0.29, 0.717) is 6.04 Å². The van der Waals surface area contributed by atoms with Crippen LogP contribution in [0.1, 0.15) is 19.8 Å². The Balaban J connectivity index is 0.00000288. The number of hydrogen-bond donors (Lipinski definition) is 2. The standard InChI is InChI=1S/C18H30N4S.HI/c1-4-19-18(21-14-17(22(2)3)15-10-11-15)20-12-13-23-16-8-6-5-7-9-16;/h5-9,15,17H,4,10-14H2,1-3H3,(H2,19,20,21);1H. The van der Waals surface area contributed by atoms with Gasteiger partial charge in [0.1, 0.15) is 0 Å². The zero-order valence-corrected chi connectivity index (χ0v) is 18.1. The van der Waals surface area contributed by atoms with Gasteiger partial charge in [0.2, 0.25) is 0 Å². The molecule has 0 heterocycles. The number of nitrogens with zero attached hydrogens (tertiary/aromatic N) is 2. The first-order valence-corrected chi connectivity index (χ1v) is 9.55. The van der Waals surface area contributed by atoms with Gasteiger partial charge in [-0.25, -0.2) is 0 Å². The number of nitrogens with one attached hydrogen (secondary N) is 2. The highest BCUT2D eigenvalue weighted by Gasteiger charge is 2.32. The number of halogens is 1. The minimum Gasteiger partial charge on any atom is -0.357 e. The maximum absolute atomic E-state index is 4.78. The molecule has 1 aromatic rings. The largest absolute Gasteiger partial charge is 0.357 e. The van der Waals surface area contributed by atoms with Crippen LogP contribution in [-0.4, -0.2) is 56.4 Å². The first-order chi connectivity index (χ1) is 11.2. The Kier molecular flexibility index (Phi) is 10.8. The fraction of sp³-hybridized carbons (Fsp3) is 0.611. The Morgan fingerprint density at radius 3 is 2.54 bits per heavy atom. The first-order valence-electron chi connectivity index (χ1n) is 8.57. The number of rotatable bonds is 9. The molecular weight excluding hydrogens is 431 g/mol. The number of thioether (sulfide) groups is 1. The molecule has 2 N–H and O–H groups in total. The summed E-state index contributed by atoms with van der Waals surface area (Å²) in [6.07, 6.45) is 2.71. The van der Waals surface area contributed by atoms with E-state index < -0.39 is 0 Å². The minimum atomic E-state index is 0. The summed E-state index contributed by atoms with van der Waals surface area (Å²) in [5, 5.41) is 6.79. The highest BCUT2D eigenvalue weighted by atomic mass is 127. The van der Waals surface area contributed by atoms with E-state index in [2.05, 4.69) is 66.9 Å². The molecule has 0 aliphatic heterocycles. The summed E-state index contributed by atoms with van der Waals surface area (Å²) in [6.45, 7) is 4.80. The van der Waals surface area contributed by atoms with Crippen LogP contribution in [-0.2, 0) is 0 Å². The van der Waals surface area contributed by atoms with E-state index in [1.165, 1.54) is 17.7 Å². The molecule has 136 valence electrons.